The van der Waals surface area contributed by atoms with Crippen LogP contribution in [0.15, 0.2) is 54.6 Å². The van der Waals surface area contributed by atoms with Crippen LogP contribution >= 0.6 is 11.3 Å². The van der Waals surface area contributed by atoms with Crippen LogP contribution in [0.3, 0.4) is 0 Å². The SMILES string of the molecule is N[n+]1c(C=Cc2ccccc2)sc2ccccc21.[I-]. The number of benzene rings is 2. The van der Waals surface area contributed by atoms with Crippen LogP contribution in [0.1, 0.15) is 10.6 Å². The fourth-order valence-corrected chi connectivity index (χ4v) is 2.84. The molecule has 2 N–H and O–H groups in total. The molecule has 0 aliphatic carbocycles. The van der Waals surface area contributed by atoms with E-state index in [1.165, 1.54) is 10.3 Å². The first-order chi connectivity index (χ1) is 8.84. The third-order valence-corrected chi connectivity index (χ3v) is 3.90. The topological polar surface area (TPSA) is 29.9 Å². The zero-order valence-corrected chi connectivity index (χ0v) is 13.1. The van der Waals surface area contributed by atoms with Gasteiger partial charge < -0.3 is 24.0 Å². The van der Waals surface area contributed by atoms with Crippen molar-refractivity contribution in [3.63, 3.8) is 0 Å². The number of thiazole rings is 1. The second kappa shape index (κ2) is 6.16. The lowest BCUT2D eigenvalue weighted by Gasteiger charge is -1.89. The van der Waals surface area contributed by atoms with Crippen LogP contribution in [0, 0.1) is 0 Å². The molecular weight excluding hydrogens is 367 g/mol. The molecule has 0 atom stereocenters. The van der Waals surface area contributed by atoms with Crippen LogP contribution in [0.25, 0.3) is 22.4 Å². The first kappa shape index (κ1) is 14.0. The summed E-state index contributed by atoms with van der Waals surface area (Å²) in [6, 6.07) is 18.4. The van der Waals surface area contributed by atoms with Crippen LogP contribution in [0.5, 0.6) is 0 Å². The van der Waals surface area contributed by atoms with Gasteiger partial charge in [-0.2, -0.15) is 0 Å². The van der Waals surface area contributed by atoms with Crippen LogP contribution in [-0.4, -0.2) is 0 Å². The highest BCUT2D eigenvalue weighted by Gasteiger charge is 2.14. The first-order valence-corrected chi connectivity index (χ1v) is 6.58. The predicted molar refractivity (Wildman–Crippen MR) is 77.5 cm³/mol. The Morgan fingerprint density at radius 1 is 0.895 bits per heavy atom. The molecule has 1 aromatic heterocycles. The van der Waals surface area contributed by atoms with E-state index in [0.717, 1.165) is 10.5 Å². The normalized spacial score (nSPS) is 10.7. The molecule has 0 spiro atoms. The first-order valence-electron chi connectivity index (χ1n) is 5.76. The van der Waals surface area contributed by atoms with Gasteiger partial charge in [0.15, 0.2) is 0 Å². The quantitative estimate of drug-likeness (QED) is 0.381. The lowest BCUT2D eigenvalue weighted by atomic mass is 10.2. The standard InChI is InChI=1S/C15H13N2S.HI/c16-17-13-8-4-5-9-14(13)18-15(17)11-10-12-6-2-1-3-7-12;/h1-11H,16H2;1H/q+1;/p-1. The molecule has 0 aliphatic heterocycles. The number of para-hydroxylation sites is 1. The Kier molecular flexibility index (Phi) is 4.55. The second-order valence-electron chi connectivity index (χ2n) is 4.02. The highest BCUT2D eigenvalue weighted by molar-refractivity contribution is 7.18. The van der Waals surface area contributed by atoms with Gasteiger partial charge in [-0.1, -0.05) is 58.5 Å². The minimum atomic E-state index is 0. The molecule has 1 heterocycles. The molecule has 0 bridgehead atoms. The van der Waals surface area contributed by atoms with Crippen molar-refractivity contribution in [1.82, 2.24) is 0 Å². The summed E-state index contributed by atoms with van der Waals surface area (Å²) in [6.07, 6.45) is 4.13. The number of aromatic nitrogens is 1. The summed E-state index contributed by atoms with van der Waals surface area (Å²) in [5.74, 6) is 6.08. The lowest BCUT2D eigenvalue weighted by molar-refractivity contribution is -0.608. The van der Waals surface area contributed by atoms with Crippen LogP contribution in [0.2, 0.25) is 0 Å². The molecule has 3 rings (SSSR count). The largest absolute Gasteiger partial charge is 1.00 e. The van der Waals surface area contributed by atoms with Gasteiger partial charge in [-0.15, -0.1) is 0 Å². The van der Waals surface area contributed by atoms with Crippen molar-refractivity contribution < 1.29 is 28.7 Å². The van der Waals surface area contributed by atoms with Gasteiger partial charge >= 0.3 is 0 Å². The third-order valence-electron chi connectivity index (χ3n) is 2.79. The maximum absolute atomic E-state index is 6.08. The second-order valence-corrected chi connectivity index (χ2v) is 5.08. The van der Waals surface area contributed by atoms with E-state index in [0.29, 0.717) is 0 Å². The number of hydrogen-bond donors (Lipinski definition) is 1. The molecular formula is C15H13IN2S. The van der Waals surface area contributed by atoms with Crippen molar-refractivity contribution in [2.45, 2.75) is 0 Å². The number of nitrogen functional groups attached to an aromatic ring is 1. The molecule has 0 saturated heterocycles. The van der Waals surface area contributed by atoms with E-state index in [1.54, 1.807) is 16.0 Å². The summed E-state index contributed by atoms with van der Waals surface area (Å²) in [5, 5.41) is 1.04. The van der Waals surface area contributed by atoms with Crippen molar-refractivity contribution >= 4 is 33.7 Å². The fourth-order valence-electron chi connectivity index (χ4n) is 1.87. The minimum Gasteiger partial charge on any atom is -1.00 e. The number of rotatable bonds is 2. The fraction of sp³-hybridized carbons (Fsp3) is 0. The zero-order chi connectivity index (χ0) is 12.4. The van der Waals surface area contributed by atoms with Crippen molar-refractivity contribution in [2.75, 3.05) is 5.84 Å². The Morgan fingerprint density at radius 3 is 2.32 bits per heavy atom. The molecule has 0 aliphatic rings. The van der Waals surface area contributed by atoms with Crippen molar-refractivity contribution in [3.8, 4) is 0 Å². The van der Waals surface area contributed by atoms with Gasteiger partial charge in [-0.25, -0.2) is 5.84 Å². The summed E-state index contributed by atoms with van der Waals surface area (Å²) >= 11 is 1.69. The molecule has 0 fully saturated rings. The molecule has 0 unspecified atom stereocenters. The van der Waals surface area contributed by atoms with Gasteiger partial charge in [0, 0.05) is 12.1 Å². The third kappa shape index (κ3) is 2.96. The minimum absolute atomic E-state index is 0. The van der Waals surface area contributed by atoms with E-state index in [2.05, 4.69) is 30.4 Å². The smallest absolute Gasteiger partial charge is 0.291 e. The molecule has 4 heteroatoms. The average Bonchev–Trinajstić information content (AvgIpc) is 2.75. The van der Waals surface area contributed by atoms with Gasteiger partial charge in [-0.05, 0) is 17.7 Å². The van der Waals surface area contributed by atoms with Gasteiger partial charge in [0.1, 0.15) is 4.70 Å². The number of hydrogen-bond acceptors (Lipinski definition) is 2. The summed E-state index contributed by atoms with van der Waals surface area (Å²) < 4.78 is 2.94. The maximum atomic E-state index is 6.08. The van der Waals surface area contributed by atoms with E-state index >= 15 is 0 Å². The number of nitrogens with zero attached hydrogens (tertiary/aromatic N) is 1. The van der Waals surface area contributed by atoms with Crippen LogP contribution < -0.4 is 34.5 Å². The van der Waals surface area contributed by atoms with E-state index in [9.17, 15) is 0 Å². The zero-order valence-electron chi connectivity index (χ0n) is 10.2. The van der Waals surface area contributed by atoms with Gasteiger partial charge in [0.05, 0.1) is 0 Å². The summed E-state index contributed by atoms with van der Waals surface area (Å²) in [4.78, 5) is 0. The van der Waals surface area contributed by atoms with Gasteiger partial charge in [-0.3, -0.25) is 0 Å². The lowest BCUT2D eigenvalue weighted by Crippen LogP contribution is -3.00. The number of nitrogens with two attached hydrogens (primary N) is 1. The van der Waals surface area contributed by atoms with Crippen LogP contribution in [0.4, 0.5) is 0 Å². The Bertz CT molecular complexity index is 704. The van der Waals surface area contributed by atoms with Crippen molar-refractivity contribution in [2.24, 2.45) is 0 Å². The predicted octanol–water partition coefficient (Wildman–Crippen LogP) is 0.0770. The summed E-state index contributed by atoms with van der Waals surface area (Å²) in [5.41, 5.74) is 2.24. The molecule has 3 aromatic rings. The molecule has 0 radical (unpaired) electrons. The van der Waals surface area contributed by atoms with E-state index < -0.39 is 0 Å². The molecule has 0 amide bonds. The Hall–Kier alpha value is -1.40. The van der Waals surface area contributed by atoms with Crippen LogP contribution in [-0.2, 0) is 0 Å². The summed E-state index contributed by atoms with van der Waals surface area (Å²) in [7, 11) is 0. The van der Waals surface area contributed by atoms with Crippen molar-refractivity contribution in [3.05, 3.63) is 65.2 Å². The Labute approximate surface area is 133 Å². The number of fused-ring (bicyclic) bond motifs is 1. The maximum Gasteiger partial charge on any atom is 0.291 e. The highest BCUT2D eigenvalue weighted by atomic mass is 127. The molecule has 2 aromatic carbocycles. The van der Waals surface area contributed by atoms with Crippen molar-refractivity contribution in [1.29, 1.82) is 0 Å². The molecule has 2 nitrogen and oxygen atoms in total. The Morgan fingerprint density at radius 2 is 1.58 bits per heavy atom. The van der Waals surface area contributed by atoms with E-state index in [4.69, 9.17) is 5.84 Å². The van der Waals surface area contributed by atoms with E-state index in [-0.39, 0.29) is 24.0 Å². The highest BCUT2D eigenvalue weighted by Crippen LogP contribution is 2.20. The average molecular weight is 380 g/mol. The molecule has 19 heavy (non-hydrogen) atoms. The summed E-state index contributed by atoms with van der Waals surface area (Å²) in [6.45, 7) is 0. The number of halogens is 1. The molecule has 0 saturated carbocycles. The Balaban J connectivity index is 0.00000133. The van der Waals surface area contributed by atoms with Gasteiger partial charge in [0.2, 0.25) is 0 Å². The van der Waals surface area contributed by atoms with E-state index in [1.807, 2.05) is 36.4 Å². The van der Waals surface area contributed by atoms with Gasteiger partial charge in [0.25, 0.3) is 10.5 Å². The molecule has 96 valence electrons. The monoisotopic (exact) mass is 380 g/mol.